The van der Waals surface area contributed by atoms with Gasteiger partial charge >= 0.3 is 0 Å². The van der Waals surface area contributed by atoms with Gasteiger partial charge in [-0.05, 0) is 54.7 Å². The molecule has 2 heterocycles. The molecule has 1 unspecified atom stereocenters. The molecule has 1 saturated heterocycles. The van der Waals surface area contributed by atoms with Crippen molar-refractivity contribution in [2.45, 2.75) is 62.8 Å². The van der Waals surface area contributed by atoms with Crippen molar-refractivity contribution in [1.29, 1.82) is 0 Å². The van der Waals surface area contributed by atoms with Crippen LogP contribution in [0.25, 0.3) is 0 Å². The van der Waals surface area contributed by atoms with E-state index in [1.807, 2.05) is 29.2 Å². The number of benzene rings is 2. The van der Waals surface area contributed by atoms with Gasteiger partial charge in [0.1, 0.15) is 0 Å². The third-order valence-electron chi connectivity index (χ3n) is 6.76. The van der Waals surface area contributed by atoms with E-state index in [1.165, 1.54) is 16.4 Å². The Morgan fingerprint density at radius 1 is 0.941 bits per heavy atom. The van der Waals surface area contributed by atoms with E-state index in [0.717, 1.165) is 49.9 Å². The van der Waals surface area contributed by atoms with Crippen LogP contribution in [0.4, 0.5) is 5.69 Å². The highest BCUT2D eigenvalue weighted by Crippen LogP contribution is 2.37. The highest BCUT2D eigenvalue weighted by molar-refractivity contribution is 7.89. The summed E-state index contributed by atoms with van der Waals surface area (Å²) in [4.78, 5) is 27.0. The van der Waals surface area contributed by atoms with Crippen molar-refractivity contribution in [3.63, 3.8) is 0 Å². The smallest absolute Gasteiger partial charge is 0.243 e. The molecule has 1 N–H and O–H groups in total. The van der Waals surface area contributed by atoms with E-state index in [1.54, 1.807) is 19.1 Å². The van der Waals surface area contributed by atoms with Crippen LogP contribution in [0.5, 0.6) is 0 Å². The standard InChI is InChI=1S/C26H33N3O4S/c1-2-25(30)27-21-11-13-22(14-12-21)34(32,33)29-18-15-20-9-5-6-10-23(20)24(29)19-26(31)28-16-7-3-4-8-17-28/h5-6,9-14,24H,2-4,7-8,15-19H2,1H3,(H,27,30). The van der Waals surface area contributed by atoms with Crippen LogP contribution in [-0.4, -0.2) is 49.1 Å². The second-order valence-corrected chi connectivity index (χ2v) is 10.9. The first kappa shape index (κ1) is 24.4. The molecule has 182 valence electrons. The Kier molecular flexibility index (Phi) is 7.68. The fourth-order valence-electron chi connectivity index (χ4n) is 4.84. The van der Waals surface area contributed by atoms with Gasteiger partial charge in [-0.2, -0.15) is 4.31 Å². The molecule has 0 aromatic heterocycles. The molecule has 0 radical (unpaired) electrons. The lowest BCUT2D eigenvalue weighted by Gasteiger charge is -2.37. The van der Waals surface area contributed by atoms with Gasteiger partial charge in [-0.1, -0.05) is 44.0 Å². The van der Waals surface area contributed by atoms with Crippen LogP contribution in [0.2, 0.25) is 0 Å². The lowest BCUT2D eigenvalue weighted by atomic mass is 9.92. The fraction of sp³-hybridized carbons (Fsp3) is 0.462. The summed E-state index contributed by atoms with van der Waals surface area (Å²) in [5, 5.41) is 2.74. The monoisotopic (exact) mass is 483 g/mol. The quantitative estimate of drug-likeness (QED) is 0.670. The summed E-state index contributed by atoms with van der Waals surface area (Å²) in [5.41, 5.74) is 2.57. The highest BCUT2D eigenvalue weighted by atomic mass is 32.2. The summed E-state index contributed by atoms with van der Waals surface area (Å²) in [6, 6.07) is 13.6. The molecule has 2 aliphatic rings. The predicted molar refractivity (Wildman–Crippen MR) is 132 cm³/mol. The predicted octanol–water partition coefficient (Wildman–Crippen LogP) is 4.12. The highest BCUT2D eigenvalue weighted by Gasteiger charge is 2.38. The van der Waals surface area contributed by atoms with E-state index < -0.39 is 16.1 Å². The summed E-state index contributed by atoms with van der Waals surface area (Å²) in [7, 11) is -3.84. The first-order chi connectivity index (χ1) is 16.4. The van der Waals surface area contributed by atoms with Gasteiger partial charge in [-0.15, -0.1) is 0 Å². The summed E-state index contributed by atoms with van der Waals surface area (Å²) in [6.07, 6.45) is 5.34. The van der Waals surface area contributed by atoms with Crippen LogP contribution in [0.3, 0.4) is 0 Å². The van der Waals surface area contributed by atoms with Crippen LogP contribution in [0.1, 0.15) is 62.6 Å². The Bertz CT molecular complexity index is 1120. The molecular weight excluding hydrogens is 450 g/mol. The maximum Gasteiger partial charge on any atom is 0.243 e. The molecule has 0 saturated carbocycles. The van der Waals surface area contributed by atoms with Gasteiger partial charge < -0.3 is 10.2 Å². The van der Waals surface area contributed by atoms with Gasteiger partial charge in [0, 0.05) is 38.2 Å². The van der Waals surface area contributed by atoms with Gasteiger partial charge in [0.05, 0.1) is 10.9 Å². The minimum absolute atomic E-state index is 0.0152. The van der Waals surface area contributed by atoms with E-state index in [2.05, 4.69) is 5.32 Å². The second kappa shape index (κ2) is 10.7. The minimum atomic E-state index is -3.84. The maximum absolute atomic E-state index is 13.7. The number of fused-ring (bicyclic) bond motifs is 1. The molecule has 2 amide bonds. The van der Waals surface area contributed by atoms with Crippen molar-refractivity contribution in [3.05, 3.63) is 59.7 Å². The van der Waals surface area contributed by atoms with Crippen LogP contribution >= 0.6 is 0 Å². The van der Waals surface area contributed by atoms with Crippen LogP contribution in [-0.2, 0) is 26.0 Å². The molecule has 0 aliphatic carbocycles. The molecule has 1 fully saturated rings. The number of anilines is 1. The molecule has 4 rings (SSSR count). The lowest BCUT2D eigenvalue weighted by molar-refractivity contribution is -0.132. The average molecular weight is 484 g/mol. The van der Waals surface area contributed by atoms with E-state index in [0.29, 0.717) is 25.1 Å². The van der Waals surface area contributed by atoms with Crippen molar-refractivity contribution >= 4 is 27.5 Å². The third-order valence-corrected chi connectivity index (χ3v) is 8.68. The van der Waals surface area contributed by atoms with Crippen LogP contribution in [0, 0.1) is 0 Å². The van der Waals surface area contributed by atoms with Crippen molar-refractivity contribution in [3.8, 4) is 0 Å². The average Bonchev–Trinajstić information content (AvgIpc) is 3.14. The summed E-state index contributed by atoms with van der Waals surface area (Å²) in [6.45, 7) is 3.57. The molecule has 1 atom stereocenters. The second-order valence-electron chi connectivity index (χ2n) is 9.01. The Balaban J connectivity index is 1.62. The third kappa shape index (κ3) is 5.33. The molecule has 2 aromatic rings. The van der Waals surface area contributed by atoms with Gasteiger partial charge in [0.2, 0.25) is 21.8 Å². The molecule has 8 heteroatoms. The van der Waals surface area contributed by atoms with Gasteiger partial charge in [-0.3, -0.25) is 9.59 Å². The van der Waals surface area contributed by atoms with Gasteiger partial charge in [-0.25, -0.2) is 8.42 Å². The van der Waals surface area contributed by atoms with Crippen LogP contribution in [0.15, 0.2) is 53.4 Å². The summed E-state index contributed by atoms with van der Waals surface area (Å²) >= 11 is 0. The zero-order valence-corrected chi connectivity index (χ0v) is 20.5. The number of hydrogen-bond acceptors (Lipinski definition) is 4. The SMILES string of the molecule is CCC(=O)Nc1ccc(S(=O)(=O)N2CCc3ccccc3C2CC(=O)N2CCCCCC2)cc1. The van der Waals surface area contributed by atoms with E-state index in [-0.39, 0.29) is 23.1 Å². The number of carbonyl (C=O) groups excluding carboxylic acids is 2. The number of rotatable bonds is 6. The molecule has 0 spiro atoms. The zero-order valence-electron chi connectivity index (χ0n) is 19.7. The van der Waals surface area contributed by atoms with Crippen molar-refractivity contribution in [2.75, 3.05) is 25.0 Å². The Labute approximate surface area is 202 Å². The van der Waals surface area contributed by atoms with Crippen molar-refractivity contribution < 1.29 is 18.0 Å². The molecule has 2 aliphatic heterocycles. The zero-order chi connectivity index (χ0) is 24.1. The number of nitrogens with zero attached hydrogens (tertiary/aromatic N) is 2. The Morgan fingerprint density at radius 2 is 1.62 bits per heavy atom. The number of nitrogens with one attached hydrogen (secondary N) is 1. The number of carbonyl (C=O) groups is 2. The molecular formula is C26H33N3O4S. The first-order valence-corrected chi connectivity index (χ1v) is 13.6. The first-order valence-electron chi connectivity index (χ1n) is 12.2. The fourth-order valence-corrected chi connectivity index (χ4v) is 6.44. The Hall–Kier alpha value is -2.71. The van der Waals surface area contributed by atoms with E-state index in [4.69, 9.17) is 0 Å². The van der Waals surface area contributed by atoms with Gasteiger partial charge in [0.25, 0.3) is 0 Å². The molecule has 7 nitrogen and oxygen atoms in total. The topological polar surface area (TPSA) is 86.8 Å². The molecule has 0 bridgehead atoms. The van der Waals surface area contributed by atoms with Crippen molar-refractivity contribution in [1.82, 2.24) is 9.21 Å². The normalized spacial score (nSPS) is 19.2. The van der Waals surface area contributed by atoms with Crippen LogP contribution < -0.4 is 5.32 Å². The number of likely N-dealkylation sites (tertiary alicyclic amines) is 1. The molecule has 34 heavy (non-hydrogen) atoms. The maximum atomic E-state index is 13.7. The van der Waals surface area contributed by atoms with E-state index >= 15 is 0 Å². The molecule has 2 aromatic carbocycles. The number of hydrogen-bond donors (Lipinski definition) is 1. The van der Waals surface area contributed by atoms with Gasteiger partial charge in [0.15, 0.2) is 0 Å². The van der Waals surface area contributed by atoms with Crippen molar-refractivity contribution in [2.24, 2.45) is 0 Å². The number of sulfonamides is 1. The summed E-state index contributed by atoms with van der Waals surface area (Å²) in [5.74, 6) is -0.114. The number of amides is 2. The largest absolute Gasteiger partial charge is 0.343 e. The lowest BCUT2D eigenvalue weighted by Crippen LogP contribution is -2.43. The Morgan fingerprint density at radius 3 is 2.29 bits per heavy atom. The minimum Gasteiger partial charge on any atom is -0.343 e. The summed E-state index contributed by atoms with van der Waals surface area (Å²) < 4.78 is 28.9. The van der Waals surface area contributed by atoms with E-state index in [9.17, 15) is 18.0 Å².